The van der Waals surface area contributed by atoms with Gasteiger partial charge in [-0.15, -0.1) is 12.4 Å². The average molecular weight is 394 g/mol. The SMILES string of the molecule is CCOc1ccccc1CNCCC(O)(c1ccc(C)o1)C(F)(F)F.Cl. The summed E-state index contributed by atoms with van der Waals surface area (Å²) in [6.45, 7) is 4.18. The van der Waals surface area contributed by atoms with E-state index in [0.29, 0.717) is 24.7 Å². The van der Waals surface area contributed by atoms with Gasteiger partial charge in [-0.25, -0.2) is 0 Å². The van der Waals surface area contributed by atoms with E-state index in [9.17, 15) is 18.3 Å². The average Bonchev–Trinajstić information content (AvgIpc) is 2.99. The van der Waals surface area contributed by atoms with E-state index in [4.69, 9.17) is 9.15 Å². The number of alkyl halides is 3. The lowest BCUT2D eigenvalue weighted by atomic mass is 9.95. The van der Waals surface area contributed by atoms with Crippen molar-refractivity contribution in [2.75, 3.05) is 13.2 Å². The highest BCUT2D eigenvalue weighted by molar-refractivity contribution is 5.85. The Morgan fingerprint density at radius 3 is 2.42 bits per heavy atom. The molecule has 0 fully saturated rings. The fraction of sp³-hybridized carbons (Fsp3) is 0.444. The van der Waals surface area contributed by atoms with Crippen molar-refractivity contribution < 1.29 is 27.4 Å². The Bertz CT molecular complexity index is 690. The number of hydrogen-bond donors (Lipinski definition) is 2. The van der Waals surface area contributed by atoms with Crippen LogP contribution < -0.4 is 10.1 Å². The molecule has 8 heteroatoms. The van der Waals surface area contributed by atoms with E-state index in [2.05, 4.69) is 5.32 Å². The van der Waals surface area contributed by atoms with Crippen molar-refractivity contribution in [1.82, 2.24) is 5.32 Å². The van der Waals surface area contributed by atoms with Gasteiger partial charge in [0.25, 0.3) is 0 Å². The van der Waals surface area contributed by atoms with Crippen LogP contribution in [0.1, 0.15) is 30.4 Å². The molecule has 1 atom stereocenters. The second-order valence-corrected chi connectivity index (χ2v) is 5.74. The van der Waals surface area contributed by atoms with Crippen LogP contribution in [-0.2, 0) is 12.1 Å². The Kier molecular flexibility index (Phi) is 7.99. The van der Waals surface area contributed by atoms with E-state index in [0.717, 1.165) is 11.6 Å². The molecule has 0 aliphatic carbocycles. The Balaban J connectivity index is 0.00000338. The molecule has 1 heterocycles. The molecule has 0 bridgehead atoms. The highest BCUT2D eigenvalue weighted by Gasteiger charge is 2.56. The third kappa shape index (κ3) is 5.16. The van der Waals surface area contributed by atoms with Gasteiger partial charge >= 0.3 is 6.18 Å². The molecule has 1 unspecified atom stereocenters. The van der Waals surface area contributed by atoms with Crippen LogP contribution in [0.15, 0.2) is 40.8 Å². The first-order chi connectivity index (χ1) is 11.8. The van der Waals surface area contributed by atoms with Gasteiger partial charge in [-0.3, -0.25) is 0 Å². The highest BCUT2D eigenvalue weighted by atomic mass is 35.5. The van der Waals surface area contributed by atoms with Crippen molar-refractivity contribution in [1.29, 1.82) is 0 Å². The van der Waals surface area contributed by atoms with Crippen molar-refractivity contribution in [2.24, 2.45) is 0 Å². The molecular weight excluding hydrogens is 371 g/mol. The topological polar surface area (TPSA) is 54.6 Å². The maximum atomic E-state index is 13.4. The largest absolute Gasteiger partial charge is 0.494 e. The van der Waals surface area contributed by atoms with Gasteiger partial charge in [-0.2, -0.15) is 13.2 Å². The lowest BCUT2D eigenvalue weighted by molar-refractivity contribution is -0.274. The summed E-state index contributed by atoms with van der Waals surface area (Å²) in [6, 6.07) is 9.86. The minimum atomic E-state index is -4.83. The van der Waals surface area contributed by atoms with Crippen LogP contribution >= 0.6 is 12.4 Å². The Morgan fingerprint density at radius 2 is 1.85 bits per heavy atom. The van der Waals surface area contributed by atoms with Gasteiger partial charge in [-0.05, 0) is 38.6 Å². The number of aryl methyl sites for hydroxylation is 1. The van der Waals surface area contributed by atoms with Gasteiger partial charge in [0.05, 0.1) is 6.61 Å². The molecule has 2 rings (SSSR count). The zero-order chi connectivity index (χ0) is 18.5. The predicted molar refractivity (Wildman–Crippen MR) is 94.6 cm³/mol. The summed E-state index contributed by atoms with van der Waals surface area (Å²) < 4.78 is 50.6. The molecule has 0 aliphatic rings. The van der Waals surface area contributed by atoms with Crippen LogP contribution in [-0.4, -0.2) is 24.4 Å². The molecule has 1 aromatic heterocycles. The van der Waals surface area contributed by atoms with E-state index in [-0.39, 0.29) is 19.0 Å². The summed E-state index contributed by atoms with van der Waals surface area (Å²) in [4.78, 5) is 0. The van der Waals surface area contributed by atoms with Crippen LogP contribution in [0.5, 0.6) is 5.75 Å². The van der Waals surface area contributed by atoms with Gasteiger partial charge in [0.15, 0.2) is 0 Å². The quantitative estimate of drug-likeness (QED) is 0.655. The zero-order valence-corrected chi connectivity index (χ0v) is 15.4. The van der Waals surface area contributed by atoms with Crippen molar-refractivity contribution in [2.45, 2.75) is 38.6 Å². The molecular formula is C18H23ClF3NO3. The van der Waals surface area contributed by atoms with E-state index in [1.165, 1.54) is 13.0 Å². The molecule has 4 nitrogen and oxygen atoms in total. The highest BCUT2D eigenvalue weighted by Crippen LogP contribution is 2.42. The molecule has 1 aromatic carbocycles. The van der Waals surface area contributed by atoms with Crippen molar-refractivity contribution in [3.63, 3.8) is 0 Å². The normalized spacial score (nSPS) is 13.8. The second-order valence-electron chi connectivity index (χ2n) is 5.74. The molecule has 0 spiro atoms. The molecule has 146 valence electrons. The standard InChI is InChI=1S/C18H22F3NO3.ClH/c1-3-24-15-7-5-4-6-14(15)12-22-11-10-17(23,18(19,20)21)16-9-8-13(2)25-16;/h4-9,22-23H,3,10-12H2,1-2H3;1H. The summed E-state index contributed by atoms with van der Waals surface area (Å²) in [5.41, 5.74) is -2.18. The lowest BCUT2D eigenvalue weighted by Crippen LogP contribution is -2.44. The number of ether oxygens (including phenoxy) is 1. The third-order valence-electron chi connectivity index (χ3n) is 3.87. The molecule has 0 amide bonds. The first-order valence-electron chi connectivity index (χ1n) is 8.05. The molecule has 0 saturated heterocycles. The van der Waals surface area contributed by atoms with E-state index in [1.807, 2.05) is 25.1 Å². The molecule has 0 radical (unpaired) electrons. The lowest BCUT2D eigenvalue weighted by Gasteiger charge is -2.28. The van der Waals surface area contributed by atoms with Crippen LogP contribution in [0, 0.1) is 6.92 Å². The fourth-order valence-electron chi connectivity index (χ4n) is 2.50. The summed E-state index contributed by atoms with van der Waals surface area (Å²) in [6.07, 6.45) is -5.39. The van der Waals surface area contributed by atoms with Crippen molar-refractivity contribution in [3.05, 3.63) is 53.5 Å². The number of halogens is 4. The molecule has 2 N–H and O–H groups in total. The van der Waals surface area contributed by atoms with E-state index >= 15 is 0 Å². The zero-order valence-electron chi connectivity index (χ0n) is 14.6. The molecule has 0 aliphatic heterocycles. The number of benzene rings is 1. The van der Waals surface area contributed by atoms with Crippen molar-refractivity contribution >= 4 is 12.4 Å². The number of aliphatic hydroxyl groups is 1. The smallest absolute Gasteiger partial charge is 0.424 e. The number of para-hydroxylation sites is 1. The number of hydrogen-bond acceptors (Lipinski definition) is 4. The van der Waals surface area contributed by atoms with Crippen LogP contribution in [0.2, 0.25) is 0 Å². The monoisotopic (exact) mass is 393 g/mol. The summed E-state index contributed by atoms with van der Waals surface area (Å²) >= 11 is 0. The first-order valence-corrected chi connectivity index (χ1v) is 8.05. The van der Waals surface area contributed by atoms with Gasteiger partial charge in [0.2, 0.25) is 5.60 Å². The van der Waals surface area contributed by atoms with Gasteiger partial charge < -0.3 is 19.6 Å². The molecule has 2 aromatic rings. The minimum absolute atomic E-state index is 0. The second kappa shape index (κ2) is 9.30. The first kappa shape index (κ1) is 22.3. The maximum absolute atomic E-state index is 13.4. The number of furan rings is 1. The summed E-state index contributed by atoms with van der Waals surface area (Å²) in [5, 5.41) is 13.1. The number of rotatable bonds is 8. The Hall–Kier alpha value is -1.70. The minimum Gasteiger partial charge on any atom is -0.494 e. The Morgan fingerprint density at radius 1 is 1.15 bits per heavy atom. The fourth-order valence-corrected chi connectivity index (χ4v) is 2.50. The summed E-state index contributed by atoms with van der Waals surface area (Å²) in [5.74, 6) is 0.510. The molecule has 0 saturated carbocycles. The van der Waals surface area contributed by atoms with Gasteiger partial charge in [0.1, 0.15) is 17.3 Å². The van der Waals surface area contributed by atoms with Crippen LogP contribution in [0.3, 0.4) is 0 Å². The number of nitrogens with one attached hydrogen (secondary N) is 1. The van der Waals surface area contributed by atoms with E-state index < -0.39 is 24.0 Å². The summed E-state index contributed by atoms with van der Waals surface area (Å²) in [7, 11) is 0. The van der Waals surface area contributed by atoms with E-state index in [1.54, 1.807) is 6.07 Å². The maximum Gasteiger partial charge on any atom is 0.424 e. The molecule has 26 heavy (non-hydrogen) atoms. The van der Waals surface area contributed by atoms with Crippen LogP contribution in [0.25, 0.3) is 0 Å². The van der Waals surface area contributed by atoms with Crippen LogP contribution in [0.4, 0.5) is 13.2 Å². The van der Waals surface area contributed by atoms with Crippen molar-refractivity contribution in [3.8, 4) is 5.75 Å². The predicted octanol–water partition coefficient (Wildman–Crippen LogP) is 4.34. The third-order valence-corrected chi connectivity index (χ3v) is 3.87. The van der Waals surface area contributed by atoms with Gasteiger partial charge in [-0.1, -0.05) is 18.2 Å². The van der Waals surface area contributed by atoms with Gasteiger partial charge in [0, 0.05) is 18.5 Å². The Labute approximate surface area is 156 Å².